The number of rotatable bonds is 2. The van der Waals surface area contributed by atoms with Crippen LogP contribution in [0.4, 0.5) is 0 Å². The van der Waals surface area contributed by atoms with Gasteiger partial charge in [-0.3, -0.25) is 4.79 Å². The smallest absolute Gasteiger partial charge is 0.158 e. The number of hydrogen-bond donors (Lipinski definition) is 0. The first kappa shape index (κ1) is 10.5. The second kappa shape index (κ2) is 3.65. The molecule has 0 radical (unpaired) electrons. The Balaban J connectivity index is 2.94. The highest BCUT2D eigenvalue weighted by molar-refractivity contribution is 5.93. The topological polar surface area (TPSA) is 17.1 Å². The Hall–Kier alpha value is -0.590. The van der Waals surface area contributed by atoms with E-state index in [0.717, 1.165) is 19.3 Å². The van der Waals surface area contributed by atoms with E-state index in [0.29, 0.717) is 5.78 Å². The van der Waals surface area contributed by atoms with Crippen LogP contribution in [-0.4, -0.2) is 5.78 Å². The number of carbonyl (C=O) groups excluding carboxylic acids is 1. The van der Waals surface area contributed by atoms with Gasteiger partial charge in [-0.05, 0) is 30.8 Å². The van der Waals surface area contributed by atoms with Crippen LogP contribution < -0.4 is 0 Å². The van der Waals surface area contributed by atoms with E-state index >= 15 is 0 Å². The van der Waals surface area contributed by atoms with Gasteiger partial charge >= 0.3 is 0 Å². The van der Waals surface area contributed by atoms with Gasteiger partial charge < -0.3 is 0 Å². The van der Waals surface area contributed by atoms with E-state index in [1.165, 1.54) is 5.57 Å². The van der Waals surface area contributed by atoms with Gasteiger partial charge in [0.2, 0.25) is 0 Å². The third-order valence-corrected chi connectivity index (χ3v) is 3.71. The van der Waals surface area contributed by atoms with Gasteiger partial charge in [0, 0.05) is 5.92 Å². The predicted octanol–water partition coefficient (Wildman–Crippen LogP) is 3.35. The Labute approximate surface area is 81.2 Å². The molecule has 1 aliphatic carbocycles. The van der Waals surface area contributed by atoms with Crippen molar-refractivity contribution in [2.45, 2.75) is 47.0 Å². The summed E-state index contributed by atoms with van der Waals surface area (Å²) < 4.78 is 0. The van der Waals surface area contributed by atoms with Gasteiger partial charge in [0.25, 0.3) is 0 Å². The number of hydrogen-bond acceptors (Lipinski definition) is 1. The minimum absolute atomic E-state index is 0.202. The molecule has 1 nitrogen and oxygen atoms in total. The molecular formula is C12H20O. The SMILES string of the molecule is CCC1=CC(=O)C(C)C(C)(CC)C1. The second-order valence-electron chi connectivity index (χ2n) is 4.46. The van der Waals surface area contributed by atoms with Gasteiger partial charge in [0.05, 0.1) is 0 Å². The molecule has 2 atom stereocenters. The van der Waals surface area contributed by atoms with E-state index in [9.17, 15) is 4.79 Å². The summed E-state index contributed by atoms with van der Waals surface area (Å²) in [4.78, 5) is 11.7. The molecule has 0 amide bonds. The van der Waals surface area contributed by atoms with E-state index in [1.54, 1.807) is 0 Å². The fourth-order valence-electron chi connectivity index (χ4n) is 2.05. The Morgan fingerprint density at radius 1 is 1.54 bits per heavy atom. The van der Waals surface area contributed by atoms with Crippen molar-refractivity contribution in [2.75, 3.05) is 0 Å². The van der Waals surface area contributed by atoms with Gasteiger partial charge in [0.15, 0.2) is 5.78 Å². The number of allylic oxidation sites excluding steroid dienone is 2. The molecule has 0 bridgehead atoms. The molecule has 0 heterocycles. The fourth-order valence-corrected chi connectivity index (χ4v) is 2.05. The average Bonchev–Trinajstić information content (AvgIpc) is 2.13. The summed E-state index contributed by atoms with van der Waals surface area (Å²) in [6, 6.07) is 0. The maximum atomic E-state index is 11.7. The Morgan fingerprint density at radius 2 is 2.15 bits per heavy atom. The zero-order valence-electron chi connectivity index (χ0n) is 9.18. The number of ketones is 1. The third kappa shape index (κ3) is 1.84. The maximum Gasteiger partial charge on any atom is 0.158 e. The second-order valence-corrected chi connectivity index (χ2v) is 4.46. The van der Waals surface area contributed by atoms with Crippen molar-refractivity contribution in [3.8, 4) is 0 Å². The molecule has 1 rings (SSSR count). The van der Waals surface area contributed by atoms with Gasteiger partial charge in [0.1, 0.15) is 0 Å². The zero-order valence-corrected chi connectivity index (χ0v) is 9.18. The summed E-state index contributed by atoms with van der Waals surface area (Å²) in [6.07, 6.45) is 5.08. The Bertz CT molecular complexity index is 240. The molecule has 0 aromatic rings. The highest BCUT2D eigenvalue weighted by Crippen LogP contribution is 2.42. The van der Waals surface area contributed by atoms with Crippen molar-refractivity contribution in [1.82, 2.24) is 0 Å². The first-order valence-electron chi connectivity index (χ1n) is 5.26. The summed E-state index contributed by atoms with van der Waals surface area (Å²) in [5.41, 5.74) is 1.53. The highest BCUT2D eigenvalue weighted by atomic mass is 16.1. The quantitative estimate of drug-likeness (QED) is 0.637. The molecule has 0 saturated heterocycles. The van der Waals surface area contributed by atoms with Crippen molar-refractivity contribution in [3.05, 3.63) is 11.6 Å². The minimum Gasteiger partial charge on any atom is -0.295 e. The summed E-state index contributed by atoms with van der Waals surface area (Å²) in [5, 5.41) is 0. The van der Waals surface area contributed by atoms with E-state index in [2.05, 4.69) is 27.7 Å². The molecule has 0 fully saturated rings. The van der Waals surface area contributed by atoms with Crippen LogP contribution >= 0.6 is 0 Å². The van der Waals surface area contributed by atoms with Crippen molar-refractivity contribution < 1.29 is 4.79 Å². The van der Waals surface area contributed by atoms with Crippen LogP contribution in [0.15, 0.2) is 11.6 Å². The van der Waals surface area contributed by atoms with Crippen LogP contribution in [0.3, 0.4) is 0 Å². The molecule has 13 heavy (non-hydrogen) atoms. The van der Waals surface area contributed by atoms with Crippen molar-refractivity contribution in [1.29, 1.82) is 0 Å². The first-order valence-corrected chi connectivity index (χ1v) is 5.26. The largest absolute Gasteiger partial charge is 0.295 e. The molecular weight excluding hydrogens is 160 g/mol. The monoisotopic (exact) mass is 180 g/mol. The normalized spacial score (nSPS) is 34.6. The van der Waals surface area contributed by atoms with E-state index in [4.69, 9.17) is 0 Å². The summed E-state index contributed by atoms with van der Waals surface area (Å²) in [6.45, 7) is 8.61. The molecule has 0 aliphatic heterocycles. The zero-order chi connectivity index (χ0) is 10.1. The van der Waals surface area contributed by atoms with Crippen molar-refractivity contribution >= 4 is 5.78 Å². The lowest BCUT2D eigenvalue weighted by Gasteiger charge is -2.37. The lowest BCUT2D eigenvalue weighted by Crippen LogP contribution is -2.34. The van der Waals surface area contributed by atoms with Gasteiger partial charge in [-0.2, -0.15) is 0 Å². The molecule has 0 aromatic heterocycles. The van der Waals surface area contributed by atoms with Crippen LogP contribution in [0.1, 0.15) is 47.0 Å². The molecule has 1 aliphatic rings. The molecule has 74 valence electrons. The Morgan fingerprint density at radius 3 is 2.62 bits per heavy atom. The third-order valence-electron chi connectivity index (χ3n) is 3.71. The van der Waals surface area contributed by atoms with Crippen molar-refractivity contribution in [2.24, 2.45) is 11.3 Å². The van der Waals surface area contributed by atoms with Gasteiger partial charge in [-0.15, -0.1) is 0 Å². The lowest BCUT2D eigenvalue weighted by molar-refractivity contribution is -0.122. The van der Waals surface area contributed by atoms with Gasteiger partial charge in [-0.25, -0.2) is 0 Å². The van der Waals surface area contributed by atoms with Crippen LogP contribution in [0, 0.1) is 11.3 Å². The van der Waals surface area contributed by atoms with Crippen LogP contribution in [0.2, 0.25) is 0 Å². The average molecular weight is 180 g/mol. The first-order chi connectivity index (χ1) is 6.03. The standard InChI is InChI=1S/C12H20O/c1-5-10-7-11(13)9(3)12(4,6-2)8-10/h7,9H,5-6,8H2,1-4H3. The van der Waals surface area contributed by atoms with Crippen LogP contribution in [-0.2, 0) is 4.79 Å². The highest BCUT2D eigenvalue weighted by Gasteiger charge is 2.36. The van der Waals surface area contributed by atoms with Crippen LogP contribution in [0.25, 0.3) is 0 Å². The summed E-state index contributed by atoms with van der Waals surface area (Å²) >= 11 is 0. The van der Waals surface area contributed by atoms with Gasteiger partial charge in [-0.1, -0.05) is 33.3 Å². The number of carbonyl (C=O) groups is 1. The molecule has 1 heteroatoms. The molecule has 2 unspecified atom stereocenters. The molecule has 0 aromatic carbocycles. The van der Waals surface area contributed by atoms with Crippen LogP contribution in [0.5, 0.6) is 0 Å². The molecule has 0 saturated carbocycles. The van der Waals surface area contributed by atoms with E-state index in [-0.39, 0.29) is 11.3 Å². The lowest BCUT2D eigenvalue weighted by atomic mass is 9.66. The molecule has 0 N–H and O–H groups in total. The van der Waals surface area contributed by atoms with Crippen molar-refractivity contribution in [3.63, 3.8) is 0 Å². The summed E-state index contributed by atoms with van der Waals surface area (Å²) in [5.74, 6) is 0.528. The van der Waals surface area contributed by atoms with E-state index < -0.39 is 0 Å². The summed E-state index contributed by atoms with van der Waals surface area (Å²) in [7, 11) is 0. The Kier molecular flexibility index (Phi) is 2.94. The molecule has 0 spiro atoms. The minimum atomic E-state index is 0.202. The predicted molar refractivity (Wildman–Crippen MR) is 55.6 cm³/mol. The van der Waals surface area contributed by atoms with E-state index in [1.807, 2.05) is 6.08 Å². The fraction of sp³-hybridized carbons (Fsp3) is 0.750. The maximum absolute atomic E-state index is 11.7.